The molecule has 0 saturated heterocycles. The van der Waals surface area contributed by atoms with Gasteiger partial charge in [-0.1, -0.05) is 30.3 Å². The van der Waals surface area contributed by atoms with E-state index in [1.807, 2.05) is 30.3 Å². The zero-order valence-corrected chi connectivity index (χ0v) is 12.0. The Morgan fingerprint density at radius 1 is 1.22 bits per heavy atom. The Morgan fingerprint density at radius 3 is 2.70 bits per heavy atom. The Kier molecular flexibility index (Phi) is 4.01. The first kappa shape index (κ1) is 14.7. The number of hydrogen-bond donors (Lipinski definition) is 1. The molecule has 1 N–H and O–H groups in total. The number of hydrogen-bond acceptors (Lipinski definition) is 4. The molecule has 7 heteroatoms. The molecule has 3 aromatic rings. The van der Waals surface area contributed by atoms with Crippen LogP contribution in [0.1, 0.15) is 5.56 Å². The molecule has 0 atom stereocenters. The van der Waals surface area contributed by atoms with Crippen molar-refractivity contribution >= 4 is 17.1 Å². The van der Waals surface area contributed by atoms with Gasteiger partial charge >= 0.3 is 0 Å². The van der Waals surface area contributed by atoms with Crippen LogP contribution in [0.2, 0.25) is 0 Å². The highest BCUT2D eigenvalue weighted by molar-refractivity contribution is 5.60. The summed E-state index contributed by atoms with van der Waals surface area (Å²) in [6.45, 7) is 0.602. The molecule has 6 nitrogen and oxygen atoms in total. The highest BCUT2D eigenvalue weighted by atomic mass is 19.1. The van der Waals surface area contributed by atoms with E-state index < -0.39 is 10.7 Å². The van der Waals surface area contributed by atoms with Gasteiger partial charge in [-0.05, 0) is 11.6 Å². The van der Waals surface area contributed by atoms with E-state index in [0.29, 0.717) is 12.2 Å². The molecule has 0 fully saturated rings. The fraction of sp³-hybridized carbons (Fsp3) is 0.0625. The van der Waals surface area contributed by atoms with Crippen molar-refractivity contribution in [3.63, 3.8) is 0 Å². The van der Waals surface area contributed by atoms with E-state index in [1.54, 1.807) is 17.1 Å². The summed E-state index contributed by atoms with van der Waals surface area (Å²) in [4.78, 5) is 9.97. The summed E-state index contributed by atoms with van der Waals surface area (Å²) >= 11 is 0. The SMILES string of the molecule is O=[N+]([O-])c1ccc(Nc2cnn(Cc3ccccc3)c2)c(F)c1. The third kappa shape index (κ3) is 3.52. The Bertz CT molecular complexity index is 833. The van der Waals surface area contributed by atoms with Gasteiger partial charge in [0.1, 0.15) is 0 Å². The molecule has 2 aromatic carbocycles. The highest BCUT2D eigenvalue weighted by Gasteiger charge is 2.11. The Hall–Kier alpha value is -3.22. The number of nitrogens with zero attached hydrogens (tertiary/aromatic N) is 3. The minimum atomic E-state index is -0.685. The van der Waals surface area contributed by atoms with E-state index >= 15 is 0 Å². The molecular weight excluding hydrogens is 299 g/mol. The van der Waals surface area contributed by atoms with Crippen molar-refractivity contribution in [1.29, 1.82) is 0 Å². The first-order valence-corrected chi connectivity index (χ1v) is 6.89. The number of halogens is 1. The van der Waals surface area contributed by atoms with Crippen LogP contribution in [0.15, 0.2) is 60.9 Å². The maximum atomic E-state index is 13.9. The van der Waals surface area contributed by atoms with Crippen molar-refractivity contribution < 1.29 is 9.31 Å². The molecule has 0 aliphatic heterocycles. The molecule has 0 bridgehead atoms. The minimum Gasteiger partial charge on any atom is -0.351 e. The lowest BCUT2D eigenvalue weighted by atomic mass is 10.2. The summed E-state index contributed by atoms with van der Waals surface area (Å²) in [7, 11) is 0. The van der Waals surface area contributed by atoms with Crippen LogP contribution >= 0.6 is 0 Å². The zero-order valence-electron chi connectivity index (χ0n) is 12.0. The molecular formula is C16H13FN4O2. The van der Waals surface area contributed by atoms with E-state index in [0.717, 1.165) is 11.6 Å². The van der Waals surface area contributed by atoms with Gasteiger partial charge in [-0.25, -0.2) is 4.39 Å². The number of anilines is 2. The van der Waals surface area contributed by atoms with Crippen molar-refractivity contribution in [3.05, 3.63) is 82.4 Å². The standard InChI is InChI=1S/C16H13FN4O2/c17-15-8-14(21(22)23)6-7-16(15)19-13-9-18-20(11-13)10-12-4-2-1-3-5-12/h1-9,11,19H,10H2. The first-order chi connectivity index (χ1) is 11.1. The van der Waals surface area contributed by atoms with Crippen LogP contribution in [0.3, 0.4) is 0 Å². The second kappa shape index (κ2) is 6.27. The summed E-state index contributed by atoms with van der Waals surface area (Å²) in [5.74, 6) is -0.685. The zero-order chi connectivity index (χ0) is 16.2. The van der Waals surface area contributed by atoms with E-state index in [-0.39, 0.29) is 11.4 Å². The van der Waals surface area contributed by atoms with Crippen LogP contribution in [0.5, 0.6) is 0 Å². The molecule has 1 heterocycles. The second-order valence-electron chi connectivity index (χ2n) is 4.96. The van der Waals surface area contributed by atoms with Crippen LogP contribution in [0, 0.1) is 15.9 Å². The monoisotopic (exact) mass is 312 g/mol. The Labute approximate surface area is 131 Å². The average molecular weight is 312 g/mol. The molecule has 0 amide bonds. The molecule has 0 spiro atoms. The fourth-order valence-electron chi connectivity index (χ4n) is 2.16. The van der Waals surface area contributed by atoms with Gasteiger partial charge in [-0.15, -0.1) is 0 Å². The van der Waals surface area contributed by atoms with Gasteiger partial charge in [-0.3, -0.25) is 14.8 Å². The van der Waals surface area contributed by atoms with Crippen LogP contribution in [0.4, 0.5) is 21.5 Å². The number of benzene rings is 2. The quantitative estimate of drug-likeness (QED) is 0.575. The van der Waals surface area contributed by atoms with Crippen molar-refractivity contribution in [1.82, 2.24) is 9.78 Å². The average Bonchev–Trinajstić information content (AvgIpc) is 2.97. The molecule has 0 saturated carbocycles. The van der Waals surface area contributed by atoms with Crippen molar-refractivity contribution in [2.45, 2.75) is 6.54 Å². The predicted octanol–water partition coefficient (Wildman–Crippen LogP) is 3.72. The molecule has 116 valence electrons. The summed E-state index contributed by atoms with van der Waals surface area (Å²) in [6, 6.07) is 13.3. The van der Waals surface area contributed by atoms with Gasteiger partial charge in [0.05, 0.1) is 35.1 Å². The smallest absolute Gasteiger partial charge is 0.272 e. The largest absolute Gasteiger partial charge is 0.351 e. The van der Waals surface area contributed by atoms with Gasteiger partial charge in [0.2, 0.25) is 0 Å². The summed E-state index contributed by atoms with van der Waals surface area (Å²) < 4.78 is 15.6. The van der Waals surface area contributed by atoms with E-state index in [4.69, 9.17) is 0 Å². The van der Waals surface area contributed by atoms with Crippen molar-refractivity contribution in [2.24, 2.45) is 0 Å². The third-order valence-corrected chi connectivity index (χ3v) is 3.26. The molecule has 1 aromatic heterocycles. The first-order valence-electron chi connectivity index (χ1n) is 6.89. The number of nitro groups is 1. The molecule has 0 radical (unpaired) electrons. The van der Waals surface area contributed by atoms with Crippen LogP contribution in [0.25, 0.3) is 0 Å². The van der Waals surface area contributed by atoms with Gasteiger partial charge < -0.3 is 5.32 Å². The van der Waals surface area contributed by atoms with Gasteiger partial charge in [-0.2, -0.15) is 5.10 Å². The lowest BCUT2D eigenvalue weighted by Gasteiger charge is -2.04. The van der Waals surface area contributed by atoms with Crippen molar-refractivity contribution in [3.8, 4) is 0 Å². The second-order valence-corrected chi connectivity index (χ2v) is 4.96. The number of non-ortho nitro benzene ring substituents is 1. The number of nitrogens with one attached hydrogen (secondary N) is 1. The molecule has 23 heavy (non-hydrogen) atoms. The topological polar surface area (TPSA) is 73.0 Å². The Balaban J connectivity index is 1.73. The van der Waals surface area contributed by atoms with Gasteiger partial charge in [0.25, 0.3) is 5.69 Å². The molecule has 3 rings (SSSR count). The number of rotatable bonds is 5. The van der Waals surface area contributed by atoms with Gasteiger partial charge in [0, 0.05) is 12.3 Å². The minimum absolute atomic E-state index is 0.162. The number of aromatic nitrogens is 2. The third-order valence-electron chi connectivity index (χ3n) is 3.26. The van der Waals surface area contributed by atoms with E-state index in [1.165, 1.54) is 12.1 Å². The van der Waals surface area contributed by atoms with E-state index in [9.17, 15) is 14.5 Å². The van der Waals surface area contributed by atoms with Crippen LogP contribution < -0.4 is 5.32 Å². The molecule has 0 aliphatic carbocycles. The highest BCUT2D eigenvalue weighted by Crippen LogP contribution is 2.23. The van der Waals surface area contributed by atoms with Crippen molar-refractivity contribution in [2.75, 3.05) is 5.32 Å². The van der Waals surface area contributed by atoms with Gasteiger partial charge in [0.15, 0.2) is 5.82 Å². The lowest BCUT2D eigenvalue weighted by Crippen LogP contribution is -1.99. The van der Waals surface area contributed by atoms with E-state index in [2.05, 4.69) is 10.4 Å². The maximum Gasteiger partial charge on any atom is 0.272 e. The lowest BCUT2D eigenvalue weighted by molar-refractivity contribution is -0.385. The molecule has 0 aliphatic rings. The Morgan fingerprint density at radius 2 is 2.00 bits per heavy atom. The van der Waals surface area contributed by atoms with Crippen LogP contribution in [-0.2, 0) is 6.54 Å². The maximum absolute atomic E-state index is 13.9. The summed E-state index contributed by atoms with van der Waals surface area (Å²) in [5, 5.41) is 17.7. The van der Waals surface area contributed by atoms with Crippen LogP contribution in [-0.4, -0.2) is 14.7 Å². The molecule has 0 unspecified atom stereocenters. The number of nitro benzene ring substituents is 1. The predicted molar refractivity (Wildman–Crippen MR) is 84.1 cm³/mol. The summed E-state index contributed by atoms with van der Waals surface area (Å²) in [6.07, 6.45) is 3.32. The fourth-order valence-corrected chi connectivity index (χ4v) is 2.16. The normalized spacial score (nSPS) is 10.5. The summed E-state index contributed by atoms with van der Waals surface area (Å²) in [5.41, 5.74) is 1.58.